The van der Waals surface area contributed by atoms with Gasteiger partial charge in [-0.15, -0.1) is 11.3 Å². The maximum atomic E-state index is 12.6. The molecule has 124 valence electrons. The van der Waals surface area contributed by atoms with Crippen molar-refractivity contribution in [2.45, 2.75) is 39.2 Å². The summed E-state index contributed by atoms with van der Waals surface area (Å²) < 4.78 is 0. The molecule has 0 spiro atoms. The molecule has 4 nitrogen and oxygen atoms in total. The standard InChI is InChI=1S/C19H20N2O2S/c1-10-3-4-13(5-11(10)2)15-9-24-19-17(15)18(23)20-16(21-19)8-12-6-14(22)7-12/h3-5,9,12,14,22H,6-8H2,1-2H3,(H,20,21,23). The number of fused-ring (bicyclic) bond motifs is 1. The zero-order valence-electron chi connectivity index (χ0n) is 13.8. The lowest BCUT2D eigenvalue weighted by atomic mass is 9.80. The normalized spacial score (nSPS) is 20.3. The Morgan fingerprint density at radius 2 is 2.08 bits per heavy atom. The van der Waals surface area contributed by atoms with Gasteiger partial charge in [-0.25, -0.2) is 4.98 Å². The van der Waals surface area contributed by atoms with E-state index in [1.165, 1.54) is 22.5 Å². The van der Waals surface area contributed by atoms with Crippen LogP contribution in [0, 0.1) is 19.8 Å². The first-order valence-corrected chi connectivity index (χ1v) is 9.15. The lowest BCUT2D eigenvalue weighted by Crippen LogP contribution is -2.30. The van der Waals surface area contributed by atoms with Gasteiger partial charge in [-0.1, -0.05) is 18.2 Å². The van der Waals surface area contributed by atoms with Crippen LogP contribution in [0.25, 0.3) is 21.3 Å². The van der Waals surface area contributed by atoms with Crippen LogP contribution in [0.1, 0.15) is 29.8 Å². The van der Waals surface area contributed by atoms with Gasteiger partial charge in [-0.3, -0.25) is 4.79 Å². The number of hydrogen-bond donors (Lipinski definition) is 2. The van der Waals surface area contributed by atoms with Crippen LogP contribution < -0.4 is 5.56 Å². The summed E-state index contributed by atoms with van der Waals surface area (Å²) in [5.74, 6) is 1.16. The van der Waals surface area contributed by atoms with E-state index in [9.17, 15) is 9.90 Å². The Hall–Kier alpha value is -1.98. The average Bonchev–Trinajstić information content (AvgIpc) is 2.93. The molecule has 1 aliphatic carbocycles. The Morgan fingerprint density at radius 1 is 1.29 bits per heavy atom. The molecule has 2 aromatic heterocycles. The Labute approximate surface area is 144 Å². The summed E-state index contributed by atoms with van der Waals surface area (Å²) >= 11 is 1.52. The molecule has 1 aliphatic rings. The first kappa shape index (κ1) is 15.5. The Balaban J connectivity index is 1.73. The highest BCUT2D eigenvalue weighted by atomic mass is 32.1. The van der Waals surface area contributed by atoms with E-state index < -0.39 is 0 Å². The quantitative estimate of drug-likeness (QED) is 0.766. The number of nitrogens with one attached hydrogen (secondary N) is 1. The molecule has 24 heavy (non-hydrogen) atoms. The minimum absolute atomic E-state index is 0.0654. The maximum Gasteiger partial charge on any atom is 0.260 e. The van der Waals surface area contributed by atoms with Crippen molar-refractivity contribution in [2.75, 3.05) is 0 Å². The molecule has 3 aromatic rings. The van der Waals surface area contributed by atoms with Crippen LogP contribution in [0.15, 0.2) is 28.4 Å². The third kappa shape index (κ3) is 2.68. The summed E-state index contributed by atoms with van der Waals surface area (Å²) in [6, 6.07) is 6.28. The van der Waals surface area contributed by atoms with Gasteiger partial charge in [0, 0.05) is 17.4 Å². The highest BCUT2D eigenvalue weighted by Crippen LogP contribution is 2.33. The van der Waals surface area contributed by atoms with Gasteiger partial charge in [0.25, 0.3) is 5.56 Å². The molecule has 0 bridgehead atoms. The smallest absolute Gasteiger partial charge is 0.260 e. The number of rotatable bonds is 3. The van der Waals surface area contributed by atoms with Crippen LogP contribution in [-0.2, 0) is 6.42 Å². The van der Waals surface area contributed by atoms with Crippen molar-refractivity contribution in [3.8, 4) is 11.1 Å². The number of hydrogen-bond acceptors (Lipinski definition) is 4. The van der Waals surface area contributed by atoms with E-state index in [4.69, 9.17) is 0 Å². The predicted molar refractivity (Wildman–Crippen MR) is 97.6 cm³/mol. The summed E-state index contributed by atoms with van der Waals surface area (Å²) in [5.41, 5.74) is 4.42. The minimum Gasteiger partial charge on any atom is -0.393 e. The monoisotopic (exact) mass is 340 g/mol. The maximum absolute atomic E-state index is 12.6. The number of nitrogens with zero attached hydrogens (tertiary/aromatic N) is 1. The summed E-state index contributed by atoms with van der Waals surface area (Å²) in [5, 5.41) is 12.1. The SMILES string of the molecule is Cc1ccc(-c2csc3nc(CC4CC(O)C4)[nH]c(=O)c23)cc1C. The molecule has 0 atom stereocenters. The molecular formula is C19H20N2O2S. The third-order valence-electron chi connectivity index (χ3n) is 5.00. The van der Waals surface area contributed by atoms with Crippen molar-refractivity contribution in [1.82, 2.24) is 9.97 Å². The van der Waals surface area contributed by atoms with Gasteiger partial charge in [0.1, 0.15) is 10.7 Å². The van der Waals surface area contributed by atoms with Crippen molar-refractivity contribution in [3.63, 3.8) is 0 Å². The molecule has 0 radical (unpaired) electrons. The Bertz CT molecular complexity index is 967. The van der Waals surface area contributed by atoms with Crippen LogP contribution >= 0.6 is 11.3 Å². The fraction of sp³-hybridized carbons (Fsp3) is 0.368. The second kappa shape index (κ2) is 5.83. The lowest BCUT2D eigenvalue weighted by Gasteiger charge is -2.30. The van der Waals surface area contributed by atoms with Gasteiger partial charge >= 0.3 is 0 Å². The van der Waals surface area contributed by atoms with Gasteiger partial charge in [-0.2, -0.15) is 0 Å². The number of H-pyrrole nitrogens is 1. The minimum atomic E-state index is -0.177. The van der Waals surface area contributed by atoms with Gasteiger partial charge in [0.15, 0.2) is 0 Å². The van der Waals surface area contributed by atoms with E-state index in [1.54, 1.807) is 0 Å². The number of aliphatic hydroxyl groups excluding tert-OH is 1. The summed E-state index contributed by atoms with van der Waals surface area (Å²) in [4.78, 5) is 21.0. The van der Waals surface area contributed by atoms with Crippen LogP contribution in [0.2, 0.25) is 0 Å². The topological polar surface area (TPSA) is 66.0 Å². The molecule has 4 rings (SSSR count). The molecular weight excluding hydrogens is 320 g/mol. The van der Waals surface area contributed by atoms with Crippen LogP contribution in [0.5, 0.6) is 0 Å². The summed E-state index contributed by atoms with van der Waals surface area (Å²) in [7, 11) is 0. The second-order valence-electron chi connectivity index (χ2n) is 6.84. The van der Waals surface area contributed by atoms with Gasteiger partial charge < -0.3 is 10.1 Å². The number of aryl methyl sites for hydroxylation is 2. The molecule has 2 heterocycles. The zero-order valence-corrected chi connectivity index (χ0v) is 14.6. The molecule has 5 heteroatoms. The van der Waals surface area contributed by atoms with Gasteiger partial charge in [0.05, 0.1) is 11.5 Å². The molecule has 0 unspecified atom stereocenters. The van der Waals surface area contributed by atoms with E-state index in [-0.39, 0.29) is 11.7 Å². The Morgan fingerprint density at radius 3 is 2.79 bits per heavy atom. The lowest BCUT2D eigenvalue weighted by molar-refractivity contribution is 0.0424. The zero-order chi connectivity index (χ0) is 16.8. The van der Waals surface area contributed by atoms with E-state index in [2.05, 4.69) is 42.0 Å². The number of thiophene rings is 1. The summed E-state index contributed by atoms with van der Waals surface area (Å²) in [6.45, 7) is 4.17. The number of aliphatic hydroxyl groups is 1. The van der Waals surface area contributed by atoms with Crippen molar-refractivity contribution < 1.29 is 5.11 Å². The largest absolute Gasteiger partial charge is 0.393 e. The van der Waals surface area contributed by atoms with Crippen LogP contribution in [0.3, 0.4) is 0 Å². The van der Waals surface area contributed by atoms with Gasteiger partial charge in [0.2, 0.25) is 0 Å². The fourth-order valence-corrected chi connectivity index (χ4v) is 4.32. The van der Waals surface area contributed by atoms with E-state index in [0.29, 0.717) is 11.3 Å². The number of aromatic amines is 1. The Kier molecular flexibility index (Phi) is 3.77. The number of benzene rings is 1. The highest BCUT2D eigenvalue weighted by molar-refractivity contribution is 7.17. The van der Waals surface area contributed by atoms with Crippen molar-refractivity contribution >= 4 is 21.6 Å². The van der Waals surface area contributed by atoms with E-state index in [1.807, 2.05) is 5.38 Å². The van der Waals surface area contributed by atoms with Crippen molar-refractivity contribution in [1.29, 1.82) is 0 Å². The van der Waals surface area contributed by atoms with Crippen LogP contribution in [-0.4, -0.2) is 21.2 Å². The van der Waals surface area contributed by atoms with Crippen molar-refractivity contribution in [3.05, 3.63) is 50.9 Å². The highest BCUT2D eigenvalue weighted by Gasteiger charge is 2.28. The molecule has 0 aliphatic heterocycles. The predicted octanol–water partition coefficient (Wildman–Crippen LogP) is 3.58. The van der Waals surface area contributed by atoms with E-state index in [0.717, 1.165) is 41.0 Å². The van der Waals surface area contributed by atoms with E-state index >= 15 is 0 Å². The fourth-order valence-electron chi connectivity index (χ4n) is 3.35. The summed E-state index contributed by atoms with van der Waals surface area (Å²) in [6.07, 6.45) is 2.17. The molecule has 0 amide bonds. The van der Waals surface area contributed by atoms with Crippen molar-refractivity contribution in [2.24, 2.45) is 5.92 Å². The average molecular weight is 340 g/mol. The van der Waals surface area contributed by atoms with Crippen LogP contribution in [0.4, 0.5) is 0 Å². The second-order valence-corrected chi connectivity index (χ2v) is 7.69. The molecule has 2 N–H and O–H groups in total. The third-order valence-corrected chi connectivity index (χ3v) is 5.88. The van der Waals surface area contributed by atoms with Gasteiger partial charge in [-0.05, 0) is 49.3 Å². The number of aromatic nitrogens is 2. The molecule has 1 aromatic carbocycles. The molecule has 1 saturated carbocycles. The molecule has 0 saturated heterocycles. The first-order chi connectivity index (χ1) is 11.5. The first-order valence-electron chi connectivity index (χ1n) is 8.27. The molecule has 1 fully saturated rings.